The van der Waals surface area contributed by atoms with E-state index < -0.39 is 6.67 Å². The molecule has 1 spiro atoms. The van der Waals surface area contributed by atoms with E-state index in [2.05, 4.69) is 16.1 Å². The maximum Gasteiger partial charge on any atom is 0.225 e. The second kappa shape index (κ2) is 6.71. The molecule has 2 amide bonds. The van der Waals surface area contributed by atoms with Gasteiger partial charge in [-0.05, 0) is 66.3 Å². The van der Waals surface area contributed by atoms with Crippen molar-refractivity contribution in [3.05, 3.63) is 21.9 Å². The monoisotopic (exact) mass is 364 g/mol. The van der Waals surface area contributed by atoms with Gasteiger partial charge in [0.1, 0.15) is 0 Å². The van der Waals surface area contributed by atoms with Gasteiger partial charge in [0.25, 0.3) is 0 Å². The summed E-state index contributed by atoms with van der Waals surface area (Å²) in [5, 5.41) is 7.42. The highest BCUT2D eigenvalue weighted by Gasteiger charge is 2.51. The van der Waals surface area contributed by atoms with Crippen LogP contribution in [0.25, 0.3) is 0 Å². The zero-order valence-electron chi connectivity index (χ0n) is 14.4. The van der Waals surface area contributed by atoms with Crippen molar-refractivity contribution >= 4 is 23.2 Å². The van der Waals surface area contributed by atoms with Crippen molar-refractivity contribution in [3.63, 3.8) is 0 Å². The molecule has 1 saturated heterocycles. The highest BCUT2D eigenvalue weighted by molar-refractivity contribution is 7.08. The molecule has 0 bridgehead atoms. The molecule has 0 aromatic carbocycles. The maximum absolute atomic E-state index is 12.6. The van der Waals surface area contributed by atoms with E-state index in [4.69, 9.17) is 0 Å². The van der Waals surface area contributed by atoms with E-state index in [1.807, 2.05) is 4.90 Å². The fourth-order valence-corrected chi connectivity index (χ4v) is 5.72. The number of nitrogens with one attached hydrogen (secondary N) is 1. The van der Waals surface area contributed by atoms with E-state index in [0.29, 0.717) is 19.0 Å². The summed E-state index contributed by atoms with van der Waals surface area (Å²) in [6, 6.07) is 0. The summed E-state index contributed by atoms with van der Waals surface area (Å²) in [6.45, 7) is 0.707. The Kier molecular flexibility index (Phi) is 4.56. The van der Waals surface area contributed by atoms with Crippen molar-refractivity contribution < 1.29 is 14.0 Å². The molecule has 2 aliphatic carbocycles. The van der Waals surface area contributed by atoms with Crippen molar-refractivity contribution in [1.29, 1.82) is 0 Å². The summed E-state index contributed by atoms with van der Waals surface area (Å²) in [5.74, 6) is 0.429. The van der Waals surface area contributed by atoms with Crippen molar-refractivity contribution in [2.45, 2.75) is 50.5 Å². The van der Waals surface area contributed by atoms with Gasteiger partial charge in [-0.25, -0.2) is 0 Å². The van der Waals surface area contributed by atoms with Crippen LogP contribution in [0.3, 0.4) is 0 Å². The molecule has 0 radical (unpaired) electrons. The Labute approximate surface area is 151 Å². The van der Waals surface area contributed by atoms with Gasteiger partial charge in [0, 0.05) is 24.5 Å². The molecule has 2 heterocycles. The first kappa shape index (κ1) is 17.0. The van der Waals surface area contributed by atoms with Crippen molar-refractivity contribution in [3.8, 4) is 0 Å². The molecule has 1 aromatic rings. The number of hydrogen-bond acceptors (Lipinski definition) is 3. The van der Waals surface area contributed by atoms with Crippen LogP contribution in [0.1, 0.15) is 43.2 Å². The van der Waals surface area contributed by atoms with Gasteiger partial charge in [0.2, 0.25) is 11.8 Å². The Morgan fingerprint density at radius 3 is 2.60 bits per heavy atom. The summed E-state index contributed by atoms with van der Waals surface area (Å²) >= 11 is 1.71. The quantitative estimate of drug-likeness (QED) is 0.873. The standard InChI is InChI=1S/C19H25FN2O2S/c20-5-2-17(23)22-10-13(8-19(22)3-1-4-19)9-21-18(24)14-6-15-11-25-12-16(15)7-14/h11-14H,1-10H2,(H,21,24). The average molecular weight is 364 g/mol. The third-order valence-electron chi connectivity index (χ3n) is 6.28. The third-order valence-corrected chi connectivity index (χ3v) is 7.12. The smallest absolute Gasteiger partial charge is 0.225 e. The van der Waals surface area contributed by atoms with E-state index in [-0.39, 0.29) is 29.7 Å². The Balaban J connectivity index is 1.31. The fraction of sp³-hybridized carbons (Fsp3) is 0.684. The molecule has 2 fully saturated rings. The molecule has 6 heteroatoms. The van der Waals surface area contributed by atoms with Gasteiger partial charge in [-0.15, -0.1) is 0 Å². The minimum atomic E-state index is -0.585. The predicted molar refractivity (Wildman–Crippen MR) is 95.2 cm³/mol. The van der Waals surface area contributed by atoms with Crippen LogP contribution in [0.2, 0.25) is 0 Å². The predicted octanol–water partition coefficient (Wildman–Crippen LogP) is 2.71. The van der Waals surface area contributed by atoms with Crippen LogP contribution in [0.5, 0.6) is 0 Å². The summed E-state index contributed by atoms with van der Waals surface area (Å²) in [6.07, 6.45) is 5.83. The average Bonchev–Trinajstić information content (AvgIpc) is 3.24. The Morgan fingerprint density at radius 1 is 1.28 bits per heavy atom. The largest absolute Gasteiger partial charge is 0.355 e. The van der Waals surface area contributed by atoms with Crippen LogP contribution in [-0.4, -0.2) is 42.0 Å². The van der Waals surface area contributed by atoms with Crippen LogP contribution in [0.15, 0.2) is 10.8 Å². The minimum absolute atomic E-state index is 0.00879. The number of hydrogen-bond donors (Lipinski definition) is 1. The van der Waals surface area contributed by atoms with Gasteiger partial charge >= 0.3 is 0 Å². The molecule has 1 saturated carbocycles. The van der Waals surface area contributed by atoms with Gasteiger partial charge in [-0.3, -0.25) is 14.0 Å². The van der Waals surface area contributed by atoms with E-state index in [1.165, 1.54) is 11.1 Å². The first-order chi connectivity index (χ1) is 12.1. The molecular weight excluding hydrogens is 339 g/mol. The molecule has 1 aliphatic heterocycles. The molecule has 1 N–H and O–H groups in total. The number of rotatable bonds is 5. The number of fused-ring (bicyclic) bond motifs is 1. The molecule has 1 unspecified atom stereocenters. The van der Waals surface area contributed by atoms with Crippen LogP contribution in [0, 0.1) is 11.8 Å². The number of alkyl halides is 1. The SMILES string of the molecule is O=C(NCC1CN(C(=O)CCF)C2(CCC2)C1)C1Cc2cscc2C1. The first-order valence-corrected chi connectivity index (χ1v) is 10.2. The number of carbonyl (C=O) groups is 2. The van der Waals surface area contributed by atoms with Crippen molar-refractivity contribution in [2.75, 3.05) is 19.8 Å². The fourth-order valence-electron chi connectivity index (χ4n) is 4.83. The lowest BCUT2D eigenvalue weighted by Crippen LogP contribution is -2.52. The molecule has 1 atom stereocenters. The van der Waals surface area contributed by atoms with Crippen molar-refractivity contribution in [1.82, 2.24) is 10.2 Å². The molecule has 136 valence electrons. The Hall–Kier alpha value is -1.43. The highest BCUT2D eigenvalue weighted by atomic mass is 32.1. The molecular formula is C19H25FN2O2S. The summed E-state index contributed by atoms with van der Waals surface area (Å²) in [7, 11) is 0. The number of thiophene rings is 1. The second-order valence-corrected chi connectivity index (χ2v) is 8.61. The minimum Gasteiger partial charge on any atom is -0.355 e. The number of carbonyl (C=O) groups excluding carboxylic acids is 2. The van der Waals surface area contributed by atoms with E-state index in [0.717, 1.165) is 38.5 Å². The topological polar surface area (TPSA) is 49.4 Å². The summed E-state index contributed by atoms with van der Waals surface area (Å²) in [5.41, 5.74) is 2.60. The van der Waals surface area contributed by atoms with Crippen LogP contribution in [-0.2, 0) is 22.4 Å². The lowest BCUT2D eigenvalue weighted by molar-refractivity contribution is -0.138. The molecule has 25 heavy (non-hydrogen) atoms. The molecule has 3 aliphatic rings. The van der Waals surface area contributed by atoms with Gasteiger partial charge in [0.15, 0.2) is 0 Å². The number of amides is 2. The Morgan fingerprint density at radius 2 is 2.00 bits per heavy atom. The van der Waals surface area contributed by atoms with E-state index in [1.54, 1.807) is 11.3 Å². The van der Waals surface area contributed by atoms with Gasteiger partial charge in [0.05, 0.1) is 13.1 Å². The first-order valence-electron chi connectivity index (χ1n) is 9.29. The number of likely N-dealkylation sites (tertiary alicyclic amines) is 1. The van der Waals surface area contributed by atoms with E-state index in [9.17, 15) is 14.0 Å². The Bertz CT molecular complexity index is 650. The molecule has 4 rings (SSSR count). The molecule has 4 nitrogen and oxygen atoms in total. The normalized spacial score (nSPS) is 24.4. The lowest BCUT2D eigenvalue weighted by atomic mass is 9.73. The third kappa shape index (κ3) is 3.09. The zero-order valence-corrected chi connectivity index (χ0v) is 15.2. The second-order valence-electron chi connectivity index (χ2n) is 7.86. The number of nitrogens with zero attached hydrogens (tertiary/aromatic N) is 1. The lowest BCUT2D eigenvalue weighted by Gasteiger charge is -2.45. The highest BCUT2D eigenvalue weighted by Crippen LogP contribution is 2.47. The van der Waals surface area contributed by atoms with Gasteiger partial charge < -0.3 is 10.2 Å². The van der Waals surface area contributed by atoms with E-state index >= 15 is 0 Å². The number of halogens is 1. The molecule has 1 aromatic heterocycles. The maximum atomic E-state index is 12.6. The summed E-state index contributed by atoms with van der Waals surface area (Å²) in [4.78, 5) is 26.7. The van der Waals surface area contributed by atoms with Crippen LogP contribution >= 0.6 is 11.3 Å². The van der Waals surface area contributed by atoms with Crippen molar-refractivity contribution in [2.24, 2.45) is 11.8 Å². The van der Waals surface area contributed by atoms with Gasteiger partial charge in [-0.1, -0.05) is 0 Å². The zero-order chi connectivity index (χ0) is 17.4. The van der Waals surface area contributed by atoms with Crippen LogP contribution in [0.4, 0.5) is 4.39 Å². The van der Waals surface area contributed by atoms with Gasteiger partial charge in [-0.2, -0.15) is 11.3 Å². The summed E-state index contributed by atoms with van der Waals surface area (Å²) < 4.78 is 12.6. The van der Waals surface area contributed by atoms with Crippen LogP contribution < -0.4 is 5.32 Å².